The van der Waals surface area contributed by atoms with Gasteiger partial charge in [-0.2, -0.15) is 13.2 Å². The van der Waals surface area contributed by atoms with Crippen molar-refractivity contribution in [2.45, 2.75) is 24.9 Å². The van der Waals surface area contributed by atoms with E-state index in [0.29, 0.717) is 4.47 Å². The lowest BCUT2D eigenvalue weighted by Gasteiger charge is -2.18. The molecule has 0 aromatic heterocycles. The zero-order valence-corrected chi connectivity index (χ0v) is 14.6. The molecule has 1 atom stereocenters. The van der Waals surface area contributed by atoms with Crippen molar-refractivity contribution in [3.8, 4) is 0 Å². The van der Waals surface area contributed by atoms with Gasteiger partial charge in [0.2, 0.25) is 0 Å². The van der Waals surface area contributed by atoms with E-state index in [2.05, 4.69) is 31.9 Å². The van der Waals surface area contributed by atoms with Crippen molar-refractivity contribution in [3.63, 3.8) is 0 Å². The second-order valence-electron chi connectivity index (χ2n) is 4.94. The topological polar surface area (TPSA) is 0 Å². The monoisotopic (exact) mass is 420 g/mol. The SMILES string of the molecule is Cc1ccc(C(Br)c2ccc(Br)cc2C(F)(F)F)cc1C. The molecular weight excluding hydrogens is 409 g/mol. The van der Waals surface area contributed by atoms with Crippen molar-refractivity contribution in [2.24, 2.45) is 0 Å². The van der Waals surface area contributed by atoms with Crippen LogP contribution in [0.1, 0.15) is 32.6 Å². The zero-order chi connectivity index (χ0) is 15.8. The molecule has 0 aliphatic heterocycles. The molecule has 0 aliphatic rings. The van der Waals surface area contributed by atoms with E-state index in [9.17, 15) is 13.2 Å². The van der Waals surface area contributed by atoms with Crippen molar-refractivity contribution >= 4 is 31.9 Å². The Hall–Kier alpha value is -0.810. The number of halogens is 5. The molecule has 2 rings (SSSR count). The van der Waals surface area contributed by atoms with Gasteiger partial charge in [-0.1, -0.05) is 56.1 Å². The molecule has 0 aliphatic carbocycles. The van der Waals surface area contributed by atoms with Crippen LogP contribution in [0.5, 0.6) is 0 Å². The first kappa shape index (κ1) is 16.6. The molecular formula is C16H13Br2F3. The first-order chi connectivity index (χ1) is 9.70. The van der Waals surface area contributed by atoms with Gasteiger partial charge in [-0.3, -0.25) is 0 Å². The van der Waals surface area contributed by atoms with Crippen LogP contribution in [0.3, 0.4) is 0 Å². The summed E-state index contributed by atoms with van der Waals surface area (Å²) in [6.07, 6.45) is -4.38. The molecule has 0 amide bonds. The lowest BCUT2D eigenvalue weighted by molar-refractivity contribution is -0.138. The maximum atomic E-state index is 13.2. The van der Waals surface area contributed by atoms with Crippen molar-refractivity contribution in [3.05, 3.63) is 68.7 Å². The van der Waals surface area contributed by atoms with E-state index in [1.807, 2.05) is 32.0 Å². The number of hydrogen-bond donors (Lipinski definition) is 0. The van der Waals surface area contributed by atoms with Crippen LogP contribution in [0.4, 0.5) is 13.2 Å². The molecule has 2 aromatic rings. The minimum Gasteiger partial charge on any atom is -0.166 e. The summed E-state index contributed by atoms with van der Waals surface area (Å²) in [4.78, 5) is -0.499. The molecule has 0 fully saturated rings. The van der Waals surface area contributed by atoms with E-state index in [-0.39, 0.29) is 5.56 Å². The van der Waals surface area contributed by atoms with Crippen molar-refractivity contribution in [1.29, 1.82) is 0 Å². The molecule has 1 unspecified atom stereocenters. The third-order valence-electron chi connectivity index (χ3n) is 3.42. The molecule has 0 N–H and O–H groups in total. The van der Waals surface area contributed by atoms with E-state index in [4.69, 9.17) is 0 Å². The second-order valence-corrected chi connectivity index (χ2v) is 6.77. The molecule has 0 bridgehead atoms. The second kappa shape index (κ2) is 6.13. The van der Waals surface area contributed by atoms with Crippen molar-refractivity contribution in [1.82, 2.24) is 0 Å². The van der Waals surface area contributed by atoms with Crippen LogP contribution in [-0.2, 0) is 6.18 Å². The van der Waals surface area contributed by atoms with Gasteiger partial charge in [-0.15, -0.1) is 0 Å². The lowest BCUT2D eigenvalue weighted by atomic mass is 9.97. The van der Waals surface area contributed by atoms with E-state index >= 15 is 0 Å². The normalized spacial score (nSPS) is 13.3. The predicted molar refractivity (Wildman–Crippen MR) is 85.8 cm³/mol. The van der Waals surface area contributed by atoms with Gasteiger partial charge in [0, 0.05) is 4.47 Å². The first-order valence-electron chi connectivity index (χ1n) is 6.28. The highest BCUT2D eigenvalue weighted by molar-refractivity contribution is 9.10. The molecule has 5 heteroatoms. The molecule has 0 heterocycles. The Labute approximate surface area is 138 Å². The number of benzene rings is 2. The number of alkyl halides is 4. The smallest absolute Gasteiger partial charge is 0.166 e. The largest absolute Gasteiger partial charge is 0.416 e. The highest BCUT2D eigenvalue weighted by atomic mass is 79.9. The summed E-state index contributed by atoms with van der Waals surface area (Å²) < 4.78 is 40.0. The molecule has 2 aromatic carbocycles. The highest BCUT2D eigenvalue weighted by Crippen LogP contribution is 2.41. The zero-order valence-electron chi connectivity index (χ0n) is 11.4. The van der Waals surface area contributed by atoms with Crippen molar-refractivity contribution in [2.75, 3.05) is 0 Å². The Morgan fingerprint density at radius 3 is 2.19 bits per heavy atom. The number of hydrogen-bond acceptors (Lipinski definition) is 0. The minimum absolute atomic E-state index is 0.217. The fraction of sp³-hybridized carbons (Fsp3) is 0.250. The van der Waals surface area contributed by atoms with E-state index in [0.717, 1.165) is 22.8 Å². The van der Waals surface area contributed by atoms with E-state index < -0.39 is 16.6 Å². The Morgan fingerprint density at radius 1 is 0.952 bits per heavy atom. The lowest BCUT2D eigenvalue weighted by Crippen LogP contribution is -2.11. The fourth-order valence-corrected chi connectivity index (χ4v) is 3.14. The van der Waals surface area contributed by atoms with E-state index in [1.54, 1.807) is 6.07 Å². The summed E-state index contributed by atoms with van der Waals surface area (Å²) in [6, 6.07) is 9.93. The van der Waals surface area contributed by atoms with Gasteiger partial charge in [0.1, 0.15) is 0 Å². The predicted octanol–water partition coefficient (Wildman–Crippen LogP) is 6.57. The number of aryl methyl sites for hydroxylation is 2. The summed E-state index contributed by atoms with van der Waals surface area (Å²) in [5, 5.41) is 0. The fourth-order valence-electron chi connectivity index (χ4n) is 2.10. The van der Waals surface area contributed by atoms with Gasteiger partial charge in [0.05, 0.1) is 10.4 Å². The van der Waals surface area contributed by atoms with Crippen LogP contribution in [0.15, 0.2) is 40.9 Å². The third kappa shape index (κ3) is 3.69. The maximum Gasteiger partial charge on any atom is 0.416 e. The van der Waals surface area contributed by atoms with Gasteiger partial charge in [-0.05, 0) is 48.2 Å². The quantitative estimate of drug-likeness (QED) is 0.481. The average molecular weight is 422 g/mol. The van der Waals surface area contributed by atoms with Crippen LogP contribution in [0.2, 0.25) is 0 Å². The van der Waals surface area contributed by atoms with Gasteiger partial charge in [-0.25, -0.2) is 0 Å². The van der Waals surface area contributed by atoms with Crippen LogP contribution >= 0.6 is 31.9 Å². The van der Waals surface area contributed by atoms with E-state index in [1.165, 1.54) is 6.07 Å². The first-order valence-corrected chi connectivity index (χ1v) is 7.99. The summed E-state index contributed by atoms with van der Waals surface area (Å²) in [5.74, 6) is 0. The molecule has 0 radical (unpaired) electrons. The molecule has 112 valence electrons. The Kier molecular flexibility index (Phi) is 4.83. The van der Waals surface area contributed by atoms with Gasteiger partial charge < -0.3 is 0 Å². The average Bonchev–Trinajstić information content (AvgIpc) is 2.40. The molecule has 21 heavy (non-hydrogen) atoms. The summed E-state index contributed by atoms with van der Waals surface area (Å²) >= 11 is 6.51. The van der Waals surface area contributed by atoms with Crippen LogP contribution in [0.25, 0.3) is 0 Å². The third-order valence-corrected chi connectivity index (χ3v) is 4.93. The molecule has 0 nitrogen and oxygen atoms in total. The summed E-state index contributed by atoms with van der Waals surface area (Å²) in [5.41, 5.74) is 2.57. The highest BCUT2D eigenvalue weighted by Gasteiger charge is 2.35. The summed E-state index contributed by atoms with van der Waals surface area (Å²) in [7, 11) is 0. The van der Waals surface area contributed by atoms with Gasteiger partial charge in [0.25, 0.3) is 0 Å². The van der Waals surface area contributed by atoms with Gasteiger partial charge >= 0.3 is 6.18 Å². The molecule has 0 saturated heterocycles. The standard InChI is InChI=1S/C16H13Br2F3/c1-9-3-4-11(7-10(9)2)15(18)13-6-5-12(17)8-14(13)16(19,20)21/h3-8,15H,1-2H3. The van der Waals surface area contributed by atoms with Crippen LogP contribution in [0, 0.1) is 13.8 Å². The van der Waals surface area contributed by atoms with Crippen LogP contribution in [-0.4, -0.2) is 0 Å². The Balaban J connectivity index is 2.52. The van der Waals surface area contributed by atoms with Crippen LogP contribution < -0.4 is 0 Å². The minimum atomic E-state index is -4.38. The van der Waals surface area contributed by atoms with Crippen molar-refractivity contribution < 1.29 is 13.2 Å². The van der Waals surface area contributed by atoms with Gasteiger partial charge in [0.15, 0.2) is 0 Å². The Bertz CT molecular complexity index is 663. The molecule has 0 saturated carbocycles. The summed E-state index contributed by atoms with van der Waals surface area (Å²) in [6.45, 7) is 3.92. The Morgan fingerprint density at radius 2 is 1.62 bits per heavy atom. The molecule has 0 spiro atoms. The number of rotatable bonds is 2. The maximum absolute atomic E-state index is 13.2.